The predicted molar refractivity (Wildman–Crippen MR) is 120 cm³/mol. The number of carbonyl (C=O) groups is 2. The number of nitrogens with zero attached hydrogens (tertiary/aromatic N) is 1. The van der Waals surface area contributed by atoms with Crippen LogP contribution in [-0.4, -0.2) is 57.6 Å². The minimum absolute atomic E-state index is 0.0544. The topological polar surface area (TPSA) is 58.3 Å². The molecule has 6 nitrogen and oxygen atoms in total. The zero-order chi connectivity index (χ0) is 21.7. The number of quaternary nitrogens is 2. The van der Waals surface area contributed by atoms with Crippen LogP contribution in [0.2, 0.25) is 0 Å². The van der Waals surface area contributed by atoms with Gasteiger partial charge in [-0.2, -0.15) is 0 Å². The number of anilines is 2. The molecule has 1 aliphatic rings. The van der Waals surface area contributed by atoms with Gasteiger partial charge in [-0.1, -0.05) is 36.4 Å². The van der Waals surface area contributed by atoms with E-state index in [4.69, 9.17) is 0 Å². The molecule has 0 aliphatic carbocycles. The van der Waals surface area contributed by atoms with Crippen LogP contribution in [0.5, 0.6) is 0 Å². The summed E-state index contributed by atoms with van der Waals surface area (Å²) in [6, 6.07) is 15.7. The lowest BCUT2D eigenvalue weighted by Gasteiger charge is -2.33. The zero-order valence-corrected chi connectivity index (χ0v) is 18.5. The van der Waals surface area contributed by atoms with E-state index in [1.807, 2.05) is 76.3 Å². The van der Waals surface area contributed by atoms with Crippen molar-refractivity contribution >= 4 is 23.2 Å². The van der Waals surface area contributed by atoms with Gasteiger partial charge in [-0.05, 0) is 44.0 Å². The van der Waals surface area contributed by atoms with Crippen molar-refractivity contribution in [2.75, 3.05) is 50.0 Å². The summed E-state index contributed by atoms with van der Waals surface area (Å²) >= 11 is 0. The van der Waals surface area contributed by atoms with Gasteiger partial charge in [0.15, 0.2) is 12.6 Å². The quantitative estimate of drug-likeness (QED) is 0.632. The monoisotopic (exact) mass is 410 g/mol. The summed E-state index contributed by atoms with van der Waals surface area (Å²) in [5.41, 5.74) is 4.01. The van der Waals surface area contributed by atoms with Gasteiger partial charge >= 0.3 is 0 Å². The molecule has 0 spiro atoms. The Kier molecular flexibility index (Phi) is 7.24. The Morgan fingerprint density at radius 2 is 1.57 bits per heavy atom. The van der Waals surface area contributed by atoms with Gasteiger partial charge in [-0.15, -0.1) is 0 Å². The van der Waals surface area contributed by atoms with E-state index in [1.54, 1.807) is 4.90 Å². The number of likely N-dealkylation sites (N-methyl/N-ethyl adjacent to an activating group) is 1. The van der Waals surface area contributed by atoms with Crippen LogP contribution in [0.4, 0.5) is 11.4 Å². The molecule has 2 aromatic rings. The van der Waals surface area contributed by atoms with E-state index in [-0.39, 0.29) is 17.9 Å². The van der Waals surface area contributed by atoms with Crippen molar-refractivity contribution in [3.05, 3.63) is 59.7 Å². The first-order valence-corrected chi connectivity index (χ1v) is 10.7. The predicted octanol–water partition coefficient (Wildman–Crippen LogP) is 0.0768. The van der Waals surface area contributed by atoms with Gasteiger partial charge in [-0.25, -0.2) is 0 Å². The van der Waals surface area contributed by atoms with Crippen molar-refractivity contribution in [3.63, 3.8) is 0 Å². The summed E-state index contributed by atoms with van der Waals surface area (Å²) in [6.45, 7) is 10.1. The third-order valence-electron chi connectivity index (χ3n) is 6.21. The Morgan fingerprint density at radius 3 is 2.17 bits per heavy atom. The highest BCUT2D eigenvalue weighted by molar-refractivity contribution is 5.95. The van der Waals surface area contributed by atoms with Gasteiger partial charge in [-0.3, -0.25) is 9.59 Å². The highest BCUT2D eigenvalue weighted by atomic mass is 16.2. The molecule has 2 amide bonds. The average molecular weight is 411 g/mol. The van der Waals surface area contributed by atoms with E-state index < -0.39 is 0 Å². The normalized spacial score (nSPS) is 19.7. The Bertz CT molecular complexity index is 856. The van der Waals surface area contributed by atoms with E-state index >= 15 is 0 Å². The van der Waals surface area contributed by atoms with Crippen molar-refractivity contribution in [1.29, 1.82) is 0 Å². The first-order valence-electron chi connectivity index (χ1n) is 10.7. The molecule has 0 radical (unpaired) electrons. The SMILES string of the molecule is Cc1cccc(C)c1NC(=O)C[NH+]1CC[NH+]([C@H](C)C(=O)N(C)c2ccccc2)CC1. The Morgan fingerprint density at radius 1 is 0.967 bits per heavy atom. The second-order valence-corrected chi connectivity index (χ2v) is 8.35. The van der Waals surface area contributed by atoms with E-state index in [0.29, 0.717) is 6.54 Å². The largest absolute Gasteiger partial charge is 0.321 e. The second kappa shape index (κ2) is 9.87. The number of hydrogen-bond donors (Lipinski definition) is 3. The van der Waals surface area contributed by atoms with E-state index in [2.05, 4.69) is 5.32 Å². The molecule has 1 fully saturated rings. The molecule has 3 rings (SSSR count). The third kappa shape index (κ3) is 5.26. The van der Waals surface area contributed by atoms with Crippen molar-refractivity contribution in [3.8, 4) is 0 Å². The maximum Gasteiger partial charge on any atom is 0.284 e. The number of benzene rings is 2. The lowest BCUT2D eigenvalue weighted by atomic mass is 10.1. The van der Waals surface area contributed by atoms with Gasteiger partial charge in [0.1, 0.15) is 26.2 Å². The molecule has 3 N–H and O–H groups in total. The van der Waals surface area contributed by atoms with Crippen molar-refractivity contribution in [2.45, 2.75) is 26.8 Å². The van der Waals surface area contributed by atoms with Gasteiger partial charge in [0.2, 0.25) is 0 Å². The van der Waals surface area contributed by atoms with Gasteiger partial charge in [0.25, 0.3) is 11.8 Å². The molecule has 1 atom stereocenters. The maximum atomic E-state index is 12.9. The number of aryl methyl sites for hydroxylation is 2. The van der Waals surface area contributed by atoms with Crippen molar-refractivity contribution in [2.24, 2.45) is 0 Å². The lowest BCUT2D eigenvalue weighted by Crippen LogP contribution is -3.30. The molecule has 160 valence electrons. The molecule has 1 aliphatic heterocycles. The molecule has 0 saturated carbocycles. The smallest absolute Gasteiger partial charge is 0.284 e. The van der Waals surface area contributed by atoms with Crippen LogP contribution in [0.15, 0.2) is 48.5 Å². The summed E-state index contributed by atoms with van der Waals surface area (Å²) in [5, 5.41) is 3.08. The van der Waals surface area contributed by atoms with Crippen LogP contribution >= 0.6 is 0 Å². The molecule has 1 heterocycles. The Balaban J connectivity index is 1.49. The van der Waals surface area contributed by atoms with Crippen LogP contribution in [0.3, 0.4) is 0 Å². The number of para-hydroxylation sites is 2. The maximum absolute atomic E-state index is 12.9. The number of piperazine rings is 1. The van der Waals surface area contributed by atoms with E-state index in [0.717, 1.165) is 48.7 Å². The number of nitrogens with one attached hydrogen (secondary N) is 3. The van der Waals surface area contributed by atoms with Crippen LogP contribution in [0.25, 0.3) is 0 Å². The van der Waals surface area contributed by atoms with Crippen LogP contribution < -0.4 is 20.0 Å². The number of hydrogen-bond acceptors (Lipinski definition) is 2. The first kappa shape index (κ1) is 22.0. The minimum Gasteiger partial charge on any atom is -0.321 e. The number of rotatable bonds is 6. The summed E-state index contributed by atoms with van der Waals surface area (Å²) in [4.78, 5) is 29.8. The fourth-order valence-corrected chi connectivity index (χ4v) is 4.20. The molecule has 30 heavy (non-hydrogen) atoms. The highest BCUT2D eigenvalue weighted by Crippen LogP contribution is 2.18. The standard InChI is InChI=1S/C24H32N4O2/c1-18-9-8-10-19(2)23(18)25-22(29)17-27-13-15-28(16-14-27)20(3)24(30)26(4)21-11-6-5-7-12-21/h5-12,20H,13-17H2,1-4H3,(H,25,29)/p+2/t20-/m1/s1. The summed E-state index contributed by atoms with van der Waals surface area (Å²) in [6.07, 6.45) is 0. The molecule has 0 bridgehead atoms. The molecule has 0 unspecified atom stereocenters. The third-order valence-corrected chi connectivity index (χ3v) is 6.21. The fourth-order valence-electron chi connectivity index (χ4n) is 4.20. The summed E-state index contributed by atoms with van der Waals surface area (Å²) in [7, 11) is 1.84. The van der Waals surface area contributed by atoms with Crippen LogP contribution in [0.1, 0.15) is 18.1 Å². The van der Waals surface area contributed by atoms with Gasteiger partial charge in [0, 0.05) is 18.4 Å². The molecule has 0 aromatic heterocycles. The summed E-state index contributed by atoms with van der Waals surface area (Å²) in [5.74, 6) is 0.186. The average Bonchev–Trinajstić information content (AvgIpc) is 2.76. The number of amides is 2. The van der Waals surface area contributed by atoms with Crippen LogP contribution in [-0.2, 0) is 9.59 Å². The van der Waals surface area contributed by atoms with Crippen LogP contribution in [0, 0.1) is 13.8 Å². The van der Waals surface area contributed by atoms with Gasteiger partial charge < -0.3 is 20.0 Å². The molecular formula is C24H34N4O2+2. The fraction of sp³-hybridized carbons (Fsp3) is 0.417. The Hall–Kier alpha value is -2.70. The van der Waals surface area contributed by atoms with E-state index in [1.165, 1.54) is 9.80 Å². The van der Waals surface area contributed by atoms with Crippen molar-refractivity contribution < 1.29 is 19.4 Å². The zero-order valence-electron chi connectivity index (χ0n) is 18.5. The minimum atomic E-state index is -0.0970. The molecule has 1 saturated heterocycles. The van der Waals surface area contributed by atoms with Gasteiger partial charge in [0.05, 0.1) is 0 Å². The van der Waals surface area contributed by atoms with E-state index in [9.17, 15) is 9.59 Å². The summed E-state index contributed by atoms with van der Waals surface area (Å²) < 4.78 is 0. The molecule has 6 heteroatoms. The second-order valence-electron chi connectivity index (χ2n) is 8.35. The molecular weight excluding hydrogens is 376 g/mol. The highest BCUT2D eigenvalue weighted by Gasteiger charge is 2.33. The first-order chi connectivity index (χ1) is 14.4. The lowest BCUT2D eigenvalue weighted by molar-refractivity contribution is -1.01. The Labute approximate surface area is 179 Å². The molecule has 2 aromatic carbocycles. The van der Waals surface area contributed by atoms with Crippen molar-refractivity contribution in [1.82, 2.24) is 0 Å². The number of carbonyl (C=O) groups excluding carboxylic acids is 2.